The normalized spacial score (nSPS) is 23.1. The van der Waals surface area contributed by atoms with Crippen LogP contribution in [0, 0.1) is 0 Å². The standard InChI is InChI=1S/C18H24ClN3O4S/c1-2-3-10-27(24,25)22-9-5-8-18(13-22)12-16(21-26-18)17(23)20-15-7-4-6-14(19)11-15/h4,6-7,11H,2-3,5,8-10,12-13H2,1H3,(H,20,23). The van der Waals surface area contributed by atoms with Gasteiger partial charge in [0.2, 0.25) is 10.0 Å². The van der Waals surface area contributed by atoms with Gasteiger partial charge < -0.3 is 10.2 Å². The number of benzene rings is 1. The molecule has 0 aliphatic carbocycles. The van der Waals surface area contributed by atoms with Gasteiger partial charge in [0, 0.05) is 23.7 Å². The van der Waals surface area contributed by atoms with Gasteiger partial charge in [0.25, 0.3) is 5.91 Å². The van der Waals surface area contributed by atoms with Gasteiger partial charge in [-0.15, -0.1) is 0 Å². The lowest BCUT2D eigenvalue weighted by atomic mass is 9.89. The minimum Gasteiger partial charge on any atom is -0.387 e. The van der Waals surface area contributed by atoms with Crippen LogP contribution in [0.15, 0.2) is 29.4 Å². The number of amides is 1. The Balaban J connectivity index is 1.63. The van der Waals surface area contributed by atoms with Crippen LogP contribution in [0.25, 0.3) is 0 Å². The molecule has 2 aliphatic rings. The highest BCUT2D eigenvalue weighted by Crippen LogP contribution is 2.35. The second-order valence-corrected chi connectivity index (χ2v) is 9.59. The van der Waals surface area contributed by atoms with Crippen molar-refractivity contribution in [3.63, 3.8) is 0 Å². The van der Waals surface area contributed by atoms with Crippen LogP contribution in [0.3, 0.4) is 0 Å². The summed E-state index contributed by atoms with van der Waals surface area (Å²) in [5.41, 5.74) is 0.0878. The Morgan fingerprint density at radius 2 is 2.26 bits per heavy atom. The van der Waals surface area contributed by atoms with Gasteiger partial charge >= 0.3 is 0 Å². The monoisotopic (exact) mass is 413 g/mol. The Kier molecular flexibility index (Phi) is 6.08. The Morgan fingerprint density at radius 1 is 1.44 bits per heavy atom. The number of unbranched alkanes of at least 4 members (excludes halogenated alkanes) is 1. The van der Waals surface area contributed by atoms with E-state index in [2.05, 4.69) is 10.5 Å². The molecule has 3 rings (SSSR count). The number of sulfonamides is 1. The average molecular weight is 414 g/mol. The van der Waals surface area contributed by atoms with Crippen LogP contribution in [0.2, 0.25) is 5.02 Å². The molecule has 0 aromatic heterocycles. The number of anilines is 1. The van der Waals surface area contributed by atoms with E-state index in [9.17, 15) is 13.2 Å². The van der Waals surface area contributed by atoms with Crippen molar-refractivity contribution in [1.82, 2.24) is 4.31 Å². The Hall–Kier alpha value is -1.64. The number of carbonyl (C=O) groups excluding carboxylic acids is 1. The molecule has 1 N–H and O–H groups in total. The first kappa shape index (κ1) is 20.1. The van der Waals surface area contributed by atoms with E-state index >= 15 is 0 Å². The van der Waals surface area contributed by atoms with Crippen molar-refractivity contribution in [3.8, 4) is 0 Å². The van der Waals surface area contributed by atoms with Crippen molar-refractivity contribution < 1.29 is 18.0 Å². The number of nitrogens with one attached hydrogen (secondary N) is 1. The topological polar surface area (TPSA) is 88.1 Å². The van der Waals surface area contributed by atoms with Crippen molar-refractivity contribution in [2.24, 2.45) is 5.16 Å². The van der Waals surface area contributed by atoms with E-state index in [1.54, 1.807) is 24.3 Å². The first-order valence-corrected chi connectivity index (χ1v) is 11.1. The Morgan fingerprint density at radius 3 is 3.00 bits per heavy atom. The number of hydrogen-bond donors (Lipinski definition) is 1. The van der Waals surface area contributed by atoms with Gasteiger partial charge in [-0.3, -0.25) is 4.79 Å². The average Bonchev–Trinajstić information content (AvgIpc) is 3.03. The Labute approximate surface area is 164 Å². The molecular weight excluding hydrogens is 390 g/mol. The van der Waals surface area contributed by atoms with E-state index < -0.39 is 15.6 Å². The van der Waals surface area contributed by atoms with Crippen LogP contribution in [0.5, 0.6) is 0 Å². The molecule has 0 bridgehead atoms. The maximum absolute atomic E-state index is 12.5. The summed E-state index contributed by atoms with van der Waals surface area (Å²) in [4.78, 5) is 18.1. The van der Waals surface area contributed by atoms with Gasteiger partial charge in [0.1, 0.15) is 5.71 Å². The van der Waals surface area contributed by atoms with Gasteiger partial charge in [0.05, 0.1) is 12.3 Å². The largest absolute Gasteiger partial charge is 0.387 e. The van der Waals surface area contributed by atoms with Gasteiger partial charge in [-0.2, -0.15) is 4.31 Å². The predicted octanol–water partition coefficient (Wildman–Crippen LogP) is 3.02. The SMILES string of the molecule is CCCCS(=O)(=O)N1CCCC2(CC(C(=O)Nc3cccc(Cl)c3)=NO2)C1. The summed E-state index contributed by atoms with van der Waals surface area (Å²) in [6, 6.07) is 6.84. The molecule has 1 saturated heterocycles. The van der Waals surface area contributed by atoms with Crippen molar-refractivity contribution in [3.05, 3.63) is 29.3 Å². The van der Waals surface area contributed by atoms with Crippen LogP contribution in [0.4, 0.5) is 5.69 Å². The third-order valence-electron chi connectivity index (χ3n) is 4.84. The summed E-state index contributed by atoms with van der Waals surface area (Å²) in [5.74, 6) is -0.220. The molecule has 1 aromatic rings. The molecule has 1 spiro atoms. The third kappa shape index (κ3) is 4.80. The van der Waals surface area contributed by atoms with E-state index in [1.807, 2.05) is 6.92 Å². The molecule has 2 heterocycles. The van der Waals surface area contributed by atoms with Crippen LogP contribution in [0.1, 0.15) is 39.0 Å². The van der Waals surface area contributed by atoms with Crippen molar-refractivity contribution in [2.75, 3.05) is 24.2 Å². The second-order valence-electron chi connectivity index (χ2n) is 7.06. The summed E-state index contributed by atoms with van der Waals surface area (Å²) in [5, 5.41) is 7.23. The molecule has 1 aromatic carbocycles. The molecule has 1 atom stereocenters. The fraction of sp³-hybridized carbons (Fsp3) is 0.556. The smallest absolute Gasteiger partial charge is 0.273 e. The number of halogens is 1. The maximum atomic E-state index is 12.5. The lowest BCUT2D eigenvalue weighted by molar-refractivity contribution is -0.110. The molecule has 1 fully saturated rings. The molecule has 0 radical (unpaired) electrons. The molecule has 0 saturated carbocycles. The molecule has 1 unspecified atom stereocenters. The minimum absolute atomic E-state index is 0.141. The fourth-order valence-corrected chi connectivity index (χ4v) is 5.32. The zero-order valence-electron chi connectivity index (χ0n) is 15.3. The molecule has 2 aliphatic heterocycles. The summed E-state index contributed by atoms with van der Waals surface area (Å²) < 4.78 is 26.5. The van der Waals surface area contributed by atoms with Gasteiger partial charge in [-0.25, -0.2) is 8.42 Å². The number of oxime groups is 1. The highest BCUT2D eigenvalue weighted by molar-refractivity contribution is 7.89. The fourth-order valence-electron chi connectivity index (χ4n) is 3.38. The Bertz CT molecular complexity index is 843. The van der Waals surface area contributed by atoms with E-state index in [1.165, 1.54) is 4.31 Å². The van der Waals surface area contributed by atoms with Gasteiger partial charge in [-0.05, 0) is 37.5 Å². The summed E-state index contributed by atoms with van der Waals surface area (Å²) in [7, 11) is -3.31. The van der Waals surface area contributed by atoms with Crippen LogP contribution in [-0.4, -0.2) is 48.8 Å². The molecule has 9 heteroatoms. The van der Waals surface area contributed by atoms with Gasteiger partial charge in [0.15, 0.2) is 5.60 Å². The molecule has 148 valence electrons. The van der Waals surface area contributed by atoms with E-state index in [0.29, 0.717) is 42.9 Å². The highest BCUT2D eigenvalue weighted by atomic mass is 35.5. The molecule has 7 nitrogen and oxygen atoms in total. The van der Waals surface area contributed by atoms with Gasteiger partial charge in [-0.1, -0.05) is 36.2 Å². The zero-order valence-corrected chi connectivity index (χ0v) is 16.9. The van der Waals surface area contributed by atoms with Crippen LogP contribution in [-0.2, 0) is 19.7 Å². The molecule has 1 amide bonds. The molecular formula is C18H24ClN3O4S. The quantitative estimate of drug-likeness (QED) is 0.776. The molecule has 27 heavy (non-hydrogen) atoms. The van der Waals surface area contributed by atoms with Crippen molar-refractivity contribution in [2.45, 2.75) is 44.6 Å². The lowest BCUT2D eigenvalue weighted by Crippen LogP contribution is -2.51. The minimum atomic E-state index is -3.31. The number of carbonyl (C=O) groups is 1. The zero-order chi connectivity index (χ0) is 19.5. The first-order chi connectivity index (χ1) is 12.8. The van der Waals surface area contributed by atoms with E-state index in [4.69, 9.17) is 16.4 Å². The van der Waals surface area contributed by atoms with Crippen LogP contribution >= 0.6 is 11.6 Å². The first-order valence-electron chi connectivity index (χ1n) is 9.13. The van der Waals surface area contributed by atoms with Crippen molar-refractivity contribution in [1.29, 1.82) is 0 Å². The lowest BCUT2D eigenvalue weighted by Gasteiger charge is -2.37. The van der Waals surface area contributed by atoms with Crippen molar-refractivity contribution >= 4 is 38.9 Å². The number of nitrogens with zero attached hydrogens (tertiary/aromatic N) is 2. The summed E-state index contributed by atoms with van der Waals surface area (Å²) >= 11 is 5.93. The van der Waals surface area contributed by atoms with E-state index in [-0.39, 0.29) is 23.9 Å². The summed E-state index contributed by atoms with van der Waals surface area (Å²) in [6.07, 6.45) is 3.11. The maximum Gasteiger partial charge on any atom is 0.273 e. The predicted molar refractivity (Wildman–Crippen MR) is 105 cm³/mol. The second kappa shape index (κ2) is 8.16. The number of piperidine rings is 1. The van der Waals surface area contributed by atoms with E-state index in [0.717, 1.165) is 6.42 Å². The number of hydrogen-bond acceptors (Lipinski definition) is 5. The number of rotatable bonds is 6. The summed E-state index contributed by atoms with van der Waals surface area (Å²) in [6.45, 7) is 2.68. The highest BCUT2D eigenvalue weighted by Gasteiger charge is 2.46. The third-order valence-corrected chi connectivity index (χ3v) is 6.98. The van der Waals surface area contributed by atoms with Crippen LogP contribution < -0.4 is 5.32 Å².